The van der Waals surface area contributed by atoms with Crippen LogP contribution < -0.4 is 10.4 Å². The average Bonchev–Trinajstić information content (AvgIpc) is 3.07. The summed E-state index contributed by atoms with van der Waals surface area (Å²) in [5, 5.41) is 14.7. The number of rotatable bonds is 2. The first-order chi connectivity index (χ1) is 12.4. The molecule has 0 fully saturated rings. The fourth-order valence-electron chi connectivity index (χ4n) is 3.49. The minimum absolute atomic E-state index is 0.0244. The molecule has 6 nitrogen and oxygen atoms in total. The fraction of sp³-hybridized carbons (Fsp3) is 0.211. The van der Waals surface area contributed by atoms with E-state index in [1.165, 1.54) is 24.3 Å². The number of aryl methyl sites for hydroxylation is 1. The Morgan fingerprint density at radius 2 is 2.12 bits per heavy atom. The monoisotopic (exact) mass is 370 g/mol. The Bertz CT molecular complexity index is 1120. The summed E-state index contributed by atoms with van der Waals surface area (Å²) in [5.74, 6) is -1.74. The van der Waals surface area contributed by atoms with E-state index in [4.69, 9.17) is 9.15 Å². The Morgan fingerprint density at radius 3 is 2.77 bits per heavy atom. The maximum Gasteiger partial charge on any atom is 0.336 e. The quantitative estimate of drug-likeness (QED) is 0.321. The first-order valence-electron chi connectivity index (χ1n) is 7.95. The number of ether oxygens (including phenoxy) is 1. The van der Waals surface area contributed by atoms with Gasteiger partial charge in [0.15, 0.2) is 11.5 Å². The summed E-state index contributed by atoms with van der Waals surface area (Å²) in [6.45, 7) is 2.95. The van der Waals surface area contributed by atoms with Crippen molar-refractivity contribution in [3.8, 4) is 11.5 Å². The van der Waals surface area contributed by atoms with Crippen molar-refractivity contribution in [2.75, 3.05) is 0 Å². The lowest BCUT2D eigenvalue weighted by Gasteiger charge is -2.27. The van der Waals surface area contributed by atoms with Crippen LogP contribution in [0.5, 0.6) is 11.5 Å². The van der Waals surface area contributed by atoms with Crippen molar-refractivity contribution >= 4 is 34.1 Å². The third-order valence-electron chi connectivity index (χ3n) is 4.58. The van der Waals surface area contributed by atoms with E-state index in [1.54, 1.807) is 6.92 Å². The van der Waals surface area contributed by atoms with Gasteiger partial charge < -0.3 is 14.3 Å². The summed E-state index contributed by atoms with van der Waals surface area (Å²) >= 11 is 1.47. The summed E-state index contributed by atoms with van der Waals surface area (Å²) in [5.41, 5.74) is 1.29. The second-order valence-electron chi connectivity index (χ2n) is 6.26. The Morgan fingerprint density at radius 1 is 1.35 bits per heavy atom. The predicted octanol–water partition coefficient (Wildman–Crippen LogP) is 3.51. The predicted molar refractivity (Wildman–Crippen MR) is 95.3 cm³/mol. The molecule has 0 radical (unpaired) electrons. The van der Waals surface area contributed by atoms with Crippen LogP contribution in [0.3, 0.4) is 0 Å². The number of hydrogen-bond donors (Lipinski definition) is 1. The highest BCUT2D eigenvalue weighted by molar-refractivity contribution is 7.08. The van der Waals surface area contributed by atoms with E-state index < -0.39 is 23.3 Å². The Labute approximate surface area is 151 Å². The molecule has 1 aliphatic rings. The van der Waals surface area contributed by atoms with Gasteiger partial charge in [-0.25, -0.2) is 4.79 Å². The highest BCUT2D eigenvalue weighted by Crippen LogP contribution is 2.49. The lowest BCUT2D eigenvalue weighted by atomic mass is 9.84. The molecular formula is C19H14O6S. The summed E-state index contributed by atoms with van der Waals surface area (Å²) in [6, 6.07) is 3.13. The van der Waals surface area contributed by atoms with Crippen molar-refractivity contribution in [3.63, 3.8) is 0 Å². The number of fused-ring (bicyclic) bond motifs is 3. The number of esters is 1. The van der Waals surface area contributed by atoms with Gasteiger partial charge in [0, 0.05) is 17.5 Å². The molecule has 1 N–H and O–H groups in total. The van der Waals surface area contributed by atoms with Crippen LogP contribution in [-0.4, -0.2) is 16.9 Å². The van der Waals surface area contributed by atoms with Gasteiger partial charge in [0.05, 0.1) is 11.8 Å². The molecule has 3 heterocycles. The van der Waals surface area contributed by atoms with Gasteiger partial charge in [-0.05, 0) is 41.8 Å². The number of Topliss-reactive ketones (excluding diaryl/α,β-unsaturated/α-hetero) is 1. The minimum Gasteiger partial charge on any atom is -0.506 e. The van der Waals surface area contributed by atoms with Gasteiger partial charge in [-0.2, -0.15) is 11.3 Å². The SMILES string of the molecule is CC(=O)c1c2c(c3oc(=O)cc(C)c3c1O)C(c1ccsc1)CC(=O)O2. The van der Waals surface area contributed by atoms with E-state index in [-0.39, 0.29) is 34.5 Å². The van der Waals surface area contributed by atoms with Gasteiger partial charge in [0.2, 0.25) is 0 Å². The van der Waals surface area contributed by atoms with Gasteiger partial charge in [-0.1, -0.05) is 0 Å². The molecule has 0 spiro atoms. The molecule has 1 unspecified atom stereocenters. The second-order valence-corrected chi connectivity index (χ2v) is 7.04. The number of phenolic OH excluding ortho intramolecular Hbond substituents is 1. The van der Waals surface area contributed by atoms with E-state index in [2.05, 4.69) is 0 Å². The molecule has 3 aromatic rings. The molecular weight excluding hydrogens is 356 g/mol. The van der Waals surface area contributed by atoms with Crippen molar-refractivity contribution < 1.29 is 23.8 Å². The average molecular weight is 370 g/mol. The van der Waals surface area contributed by atoms with Crippen molar-refractivity contribution in [3.05, 3.63) is 55.6 Å². The second kappa shape index (κ2) is 5.81. The number of benzene rings is 1. The molecule has 7 heteroatoms. The Balaban J connectivity index is 2.22. The van der Waals surface area contributed by atoms with E-state index in [9.17, 15) is 19.5 Å². The number of carbonyl (C=O) groups excluding carboxylic acids is 2. The third-order valence-corrected chi connectivity index (χ3v) is 5.28. The highest BCUT2D eigenvalue weighted by Gasteiger charge is 2.37. The smallest absolute Gasteiger partial charge is 0.336 e. The number of aromatic hydroxyl groups is 1. The molecule has 0 aliphatic carbocycles. The fourth-order valence-corrected chi connectivity index (χ4v) is 4.21. The van der Waals surface area contributed by atoms with Crippen LogP contribution in [0, 0.1) is 6.92 Å². The van der Waals surface area contributed by atoms with Gasteiger partial charge in [-0.15, -0.1) is 0 Å². The zero-order valence-corrected chi connectivity index (χ0v) is 14.8. The summed E-state index contributed by atoms with van der Waals surface area (Å²) < 4.78 is 10.7. The topological polar surface area (TPSA) is 93.8 Å². The molecule has 0 saturated heterocycles. The first kappa shape index (κ1) is 16.5. The molecule has 26 heavy (non-hydrogen) atoms. The van der Waals surface area contributed by atoms with Crippen LogP contribution >= 0.6 is 11.3 Å². The highest BCUT2D eigenvalue weighted by atomic mass is 32.1. The molecule has 0 saturated carbocycles. The Hall–Kier alpha value is -2.93. The molecule has 0 amide bonds. The molecule has 1 aromatic carbocycles. The van der Waals surface area contributed by atoms with Crippen LogP contribution in [0.2, 0.25) is 0 Å². The van der Waals surface area contributed by atoms with Crippen LogP contribution in [0.25, 0.3) is 11.0 Å². The number of thiophene rings is 1. The zero-order valence-electron chi connectivity index (χ0n) is 14.0. The molecule has 1 aliphatic heterocycles. The lowest BCUT2D eigenvalue weighted by molar-refractivity contribution is -0.135. The molecule has 2 aromatic heterocycles. The number of carbonyl (C=O) groups is 2. The van der Waals surface area contributed by atoms with Gasteiger partial charge in [-0.3, -0.25) is 9.59 Å². The van der Waals surface area contributed by atoms with E-state index in [1.807, 2.05) is 16.8 Å². The number of hydrogen-bond acceptors (Lipinski definition) is 7. The summed E-state index contributed by atoms with van der Waals surface area (Å²) in [4.78, 5) is 36.4. The molecule has 0 bridgehead atoms. The van der Waals surface area contributed by atoms with Crippen molar-refractivity contribution in [1.82, 2.24) is 0 Å². The minimum atomic E-state index is -0.576. The lowest BCUT2D eigenvalue weighted by Crippen LogP contribution is -2.23. The normalized spacial score (nSPS) is 16.4. The standard InChI is InChI=1S/C19H14O6S/c1-8-5-12(21)24-18-14(8)17(23)15(9(2)20)19-16(18)11(6-13(22)25-19)10-3-4-26-7-10/h3-5,7,11,23H,6H2,1-2H3. The van der Waals surface area contributed by atoms with Gasteiger partial charge in [0.25, 0.3) is 0 Å². The maximum atomic E-state index is 12.2. The van der Waals surface area contributed by atoms with E-state index in [0.29, 0.717) is 11.1 Å². The van der Waals surface area contributed by atoms with Crippen LogP contribution in [0.15, 0.2) is 32.1 Å². The number of phenols is 1. The molecule has 4 rings (SSSR count). The van der Waals surface area contributed by atoms with Crippen molar-refractivity contribution in [2.24, 2.45) is 0 Å². The Kier molecular flexibility index (Phi) is 3.69. The summed E-state index contributed by atoms with van der Waals surface area (Å²) in [6.07, 6.45) is 0.0542. The van der Waals surface area contributed by atoms with E-state index in [0.717, 1.165) is 5.56 Å². The van der Waals surface area contributed by atoms with Gasteiger partial charge >= 0.3 is 11.6 Å². The van der Waals surface area contributed by atoms with Crippen LogP contribution in [0.4, 0.5) is 0 Å². The van der Waals surface area contributed by atoms with Gasteiger partial charge in [0.1, 0.15) is 16.9 Å². The van der Waals surface area contributed by atoms with Crippen LogP contribution in [-0.2, 0) is 4.79 Å². The summed E-state index contributed by atoms with van der Waals surface area (Å²) in [7, 11) is 0. The zero-order chi connectivity index (χ0) is 18.6. The number of ketones is 1. The van der Waals surface area contributed by atoms with Crippen molar-refractivity contribution in [1.29, 1.82) is 0 Å². The largest absolute Gasteiger partial charge is 0.506 e. The maximum absolute atomic E-state index is 12.2. The third kappa shape index (κ3) is 2.35. The molecule has 132 valence electrons. The molecule has 1 atom stereocenters. The van der Waals surface area contributed by atoms with Crippen LogP contribution in [0.1, 0.15) is 46.3 Å². The van der Waals surface area contributed by atoms with Crippen molar-refractivity contribution in [2.45, 2.75) is 26.2 Å². The first-order valence-corrected chi connectivity index (χ1v) is 8.89. The van der Waals surface area contributed by atoms with E-state index >= 15 is 0 Å².